The minimum absolute atomic E-state index is 0.0668. The van der Waals surface area contributed by atoms with Gasteiger partial charge in [-0.25, -0.2) is 4.98 Å². The van der Waals surface area contributed by atoms with Crippen LogP contribution in [0.15, 0.2) is 17.3 Å². The van der Waals surface area contributed by atoms with Gasteiger partial charge in [-0.3, -0.25) is 23.7 Å². The van der Waals surface area contributed by atoms with E-state index in [9.17, 15) is 9.59 Å². The van der Waals surface area contributed by atoms with Crippen LogP contribution in [-0.2, 0) is 23.1 Å². The van der Waals surface area contributed by atoms with Crippen LogP contribution in [0.2, 0.25) is 0 Å². The lowest BCUT2D eigenvalue weighted by Crippen LogP contribution is -2.58. The number of carbonyl (C=O) groups is 1. The predicted molar refractivity (Wildman–Crippen MR) is 101 cm³/mol. The Kier molecular flexibility index (Phi) is 5.34. The molecule has 0 aliphatic carbocycles. The highest BCUT2D eigenvalue weighted by atomic mass is 16.5. The average molecular weight is 376 g/mol. The van der Waals surface area contributed by atoms with Crippen LogP contribution in [0.4, 0.5) is 0 Å². The molecule has 0 saturated carbocycles. The summed E-state index contributed by atoms with van der Waals surface area (Å²) in [6, 6.07) is 0. The highest BCUT2D eigenvalue weighted by Gasteiger charge is 2.33. The lowest BCUT2D eigenvalue weighted by molar-refractivity contribution is -0.123. The van der Waals surface area contributed by atoms with Gasteiger partial charge in [-0.2, -0.15) is 5.10 Å². The van der Waals surface area contributed by atoms with Gasteiger partial charge in [-0.1, -0.05) is 0 Å². The normalized spacial score (nSPS) is 21.5. The van der Waals surface area contributed by atoms with Crippen molar-refractivity contribution in [3.63, 3.8) is 0 Å². The summed E-state index contributed by atoms with van der Waals surface area (Å²) in [7, 11) is 1.72. The molecule has 2 aromatic heterocycles. The average Bonchev–Trinajstić information content (AvgIpc) is 2.97. The first kappa shape index (κ1) is 19.5. The molecule has 2 atom stereocenters. The lowest BCUT2D eigenvalue weighted by atomic mass is 10.00. The second kappa shape index (κ2) is 7.40. The monoisotopic (exact) mass is 376 g/mol. The first-order valence-corrected chi connectivity index (χ1v) is 9.22. The maximum absolute atomic E-state index is 12.5. The fourth-order valence-corrected chi connectivity index (χ4v) is 3.49. The van der Waals surface area contributed by atoms with Crippen molar-refractivity contribution in [2.75, 3.05) is 19.6 Å². The number of amides is 1. The Bertz CT molecular complexity index is 877. The van der Waals surface area contributed by atoms with E-state index in [0.29, 0.717) is 17.6 Å². The zero-order valence-corrected chi connectivity index (χ0v) is 16.6. The third-order valence-electron chi connectivity index (χ3n) is 5.03. The SMILES string of the molecule is C[C@H]1CN(C(C)(C)CNC(=O)Cn2cnc3c(cnn3C)c2=O)C[C@H](C)O1. The van der Waals surface area contributed by atoms with Crippen LogP contribution in [0.1, 0.15) is 27.7 Å². The number of rotatable bonds is 5. The number of nitrogens with zero attached hydrogens (tertiary/aromatic N) is 5. The second-order valence-electron chi connectivity index (χ2n) is 7.93. The Morgan fingerprint density at radius 1 is 1.33 bits per heavy atom. The van der Waals surface area contributed by atoms with Gasteiger partial charge < -0.3 is 10.1 Å². The molecular weight excluding hydrogens is 348 g/mol. The summed E-state index contributed by atoms with van der Waals surface area (Å²) >= 11 is 0. The summed E-state index contributed by atoms with van der Waals surface area (Å²) in [6.07, 6.45) is 3.20. The molecule has 27 heavy (non-hydrogen) atoms. The van der Waals surface area contributed by atoms with Gasteiger partial charge in [0.05, 0.1) is 18.4 Å². The maximum atomic E-state index is 12.5. The fourth-order valence-electron chi connectivity index (χ4n) is 3.49. The molecule has 148 valence electrons. The largest absolute Gasteiger partial charge is 0.373 e. The molecule has 9 nitrogen and oxygen atoms in total. The van der Waals surface area contributed by atoms with Crippen molar-refractivity contribution in [2.24, 2.45) is 7.05 Å². The van der Waals surface area contributed by atoms with Gasteiger partial charge in [-0.15, -0.1) is 0 Å². The van der Waals surface area contributed by atoms with Gasteiger partial charge >= 0.3 is 0 Å². The maximum Gasteiger partial charge on any atom is 0.264 e. The van der Waals surface area contributed by atoms with Gasteiger partial charge in [0.25, 0.3) is 5.56 Å². The van der Waals surface area contributed by atoms with Crippen LogP contribution in [0.3, 0.4) is 0 Å². The molecule has 3 heterocycles. The summed E-state index contributed by atoms with van der Waals surface area (Å²) in [6.45, 7) is 10.4. The molecular formula is C18H28N6O3. The third kappa shape index (κ3) is 4.19. The molecule has 0 radical (unpaired) electrons. The zero-order chi connectivity index (χ0) is 19.8. The van der Waals surface area contributed by atoms with Crippen LogP contribution < -0.4 is 10.9 Å². The van der Waals surface area contributed by atoms with E-state index in [-0.39, 0.29) is 35.8 Å². The number of ether oxygens (including phenoxy) is 1. The number of nitrogens with one attached hydrogen (secondary N) is 1. The van der Waals surface area contributed by atoms with Crippen molar-refractivity contribution in [1.82, 2.24) is 29.5 Å². The highest BCUT2D eigenvalue weighted by Crippen LogP contribution is 2.20. The summed E-state index contributed by atoms with van der Waals surface area (Å²) in [4.78, 5) is 31.4. The lowest BCUT2D eigenvalue weighted by Gasteiger charge is -2.45. The Morgan fingerprint density at radius 2 is 2.00 bits per heavy atom. The van der Waals surface area contributed by atoms with Gasteiger partial charge in [0.2, 0.25) is 5.91 Å². The number of aryl methyl sites for hydroxylation is 1. The highest BCUT2D eigenvalue weighted by molar-refractivity contribution is 5.77. The van der Waals surface area contributed by atoms with Crippen LogP contribution in [0.25, 0.3) is 11.0 Å². The first-order chi connectivity index (χ1) is 12.7. The predicted octanol–water partition coefficient (Wildman–Crippen LogP) is 0.134. The van der Waals surface area contributed by atoms with E-state index in [0.717, 1.165) is 13.1 Å². The van der Waals surface area contributed by atoms with Gasteiger partial charge in [0.1, 0.15) is 18.3 Å². The van der Waals surface area contributed by atoms with E-state index < -0.39 is 0 Å². The van der Waals surface area contributed by atoms with Gasteiger partial charge in [0, 0.05) is 32.2 Å². The minimum atomic E-state index is -0.265. The molecule has 2 aromatic rings. The van der Waals surface area contributed by atoms with Crippen molar-refractivity contribution in [1.29, 1.82) is 0 Å². The molecule has 9 heteroatoms. The molecule has 1 aliphatic heterocycles. The van der Waals surface area contributed by atoms with E-state index in [2.05, 4.69) is 48.0 Å². The van der Waals surface area contributed by atoms with Crippen molar-refractivity contribution < 1.29 is 9.53 Å². The van der Waals surface area contributed by atoms with Crippen molar-refractivity contribution in [3.05, 3.63) is 22.9 Å². The minimum Gasteiger partial charge on any atom is -0.373 e. The summed E-state index contributed by atoms with van der Waals surface area (Å²) in [5.41, 5.74) is 0.0325. The van der Waals surface area contributed by atoms with E-state index in [4.69, 9.17) is 4.74 Å². The molecule has 1 N–H and O–H groups in total. The summed E-state index contributed by atoms with van der Waals surface area (Å²) < 4.78 is 8.63. The Morgan fingerprint density at radius 3 is 2.67 bits per heavy atom. The zero-order valence-electron chi connectivity index (χ0n) is 16.6. The molecule has 1 fully saturated rings. The van der Waals surface area contributed by atoms with Crippen LogP contribution >= 0.6 is 0 Å². The van der Waals surface area contributed by atoms with E-state index in [1.165, 1.54) is 21.8 Å². The fraction of sp³-hybridized carbons (Fsp3) is 0.667. The van der Waals surface area contributed by atoms with Crippen LogP contribution in [-0.4, -0.2) is 67.5 Å². The topological polar surface area (TPSA) is 94.3 Å². The van der Waals surface area contributed by atoms with Gasteiger partial charge in [0.15, 0.2) is 5.65 Å². The van der Waals surface area contributed by atoms with E-state index in [1.807, 2.05) is 0 Å². The number of aromatic nitrogens is 4. The quantitative estimate of drug-likeness (QED) is 0.797. The summed E-state index contributed by atoms with van der Waals surface area (Å²) in [5, 5.41) is 7.39. The van der Waals surface area contributed by atoms with Crippen LogP contribution in [0.5, 0.6) is 0 Å². The number of morpholine rings is 1. The third-order valence-corrected chi connectivity index (χ3v) is 5.03. The number of carbonyl (C=O) groups excluding carboxylic acids is 1. The molecule has 0 unspecified atom stereocenters. The molecule has 0 bridgehead atoms. The number of fused-ring (bicyclic) bond motifs is 1. The second-order valence-corrected chi connectivity index (χ2v) is 7.93. The number of hydrogen-bond donors (Lipinski definition) is 1. The molecule has 1 saturated heterocycles. The molecule has 1 aliphatic rings. The summed E-state index contributed by atoms with van der Waals surface area (Å²) in [5.74, 6) is -0.218. The smallest absolute Gasteiger partial charge is 0.264 e. The molecule has 0 spiro atoms. The molecule has 3 rings (SSSR count). The van der Waals surface area contributed by atoms with E-state index >= 15 is 0 Å². The molecule has 0 aromatic carbocycles. The first-order valence-electron chi connectivity index (χ1n) is 9.22. The Balaban J connectivity index is 1.62. The molecule has 1 amide bonds. The van der Waals surface area contributed by atoms with Gasteiger partial charge in [-0.05, 0) is 27.7 Å². The van der Waals surface area contributed by atoms with E-state index in [1.54, 1.807) is 7.05 Å². The number of hydrogen-bond acceptors (Lipinski definition) is 6. The Hall–Kier alpha value is -2.26. The standard InChI is InChI=1S/C18H28N6O3/c1-12-7-24(8-13(2)27-12)18(3,4)10-19-15(25)9-23-11-20-16-14(17(23)26)6-21-22(16)5/h6,11-13H,7-10H2,1-5H3,(H,19,25)/t12-,13-/m0/s1. The van der Waals surface area contributed by atoms with Crippen molar-refractivity contribution in [2.45, 2.75) is 52.0 Å². The van der Waals surface area contributed by atoms with Crippen molar-refractivity contribution >= 4 is 16.9 Å². The van der Waals surface area contributed by atoms with Crippen LogP contribution in [0, 0.1) is 0 Å². The Labute approximate surface area is 158 Å². The van der Waals surface area contributed by atoms with Crippen molar-refractivity contribution in [3.8, 4) is 0 Å².